The summed E-state index contributed by atoms with van der Waals surface area (Å²) in [7, 11) is 0. The van der Waals surface area contributed by atoms with Crippen LogP contribution in [0.2, 0.25) is 0 Å². The van der Waals surface area contributed by atoms with Crippen molar-refractivity contribution in [2.45, 2.75) is 45.4 Å². The molecule has 0 radical (unpaired) electrons. The fourth-order valence-corrected chi connectivity index (χ4v) is 1.58. The maximum Gasteiger partial charge on any atom is -0.0317 e. The molecule has 0 aromatic rings. The van der Waals surface area contributed by atoms with Gasteiger partial charge in [-0.1, -0.05) is 36.6 Å². The minimum absolute atomic E-state index is 1.34. The first-order valence-electron chi connectivity index (χ1n) is 4.74. The number of hydrogen-bond donors (Lipinski definition) is 0. The zero-order valence-electron chi connectivity index (χ0n) is 7.47. The monoisotopic (exact) mass is 150 g/mol. The smallest absolute Gasteiger partial charge is 0.0317 e. The van der Waals surface area contributed by atoms with Crippen LogP contribution in [0.4, 0.5) is 0 Å². The van der Waals surface area contributed by atoms with Crippen LogP contribution in [-0.2, 0) is 0 Å². The zero-order valence-corrected chi connectivity index (χ0v) is 7.47. The predicted octanol–water partition coefficient (Wildman–Crippen LogP) is 3.84. The van der Waals surface area contributed by atoms with Gasteiger partial charge in [0.1, 0.15) is 0 Å². The van der Waals surface area contributed by atoms with Crippen LogP contribution in [-0.4, -0.2) is 0 Å². The average molecular weight is 150 g/mol. The summed E-state index contributed by atoms with van der Waals surface area (Å²) >= 11 is 0. The van der Waals surface area contributed by atoms with Crippen molar-refractivity contribution in [3.63, 3.8) is 0 Å². The highest BCUT2D eigenvalue weighted by atomic mass is 14.1. The highest BCUT2D eigenvalue weighted by Gasteiger charge is 2.01. The van der Waals surface area contributed by atoms with Crippen molar-refractivity contribution in [3.05, 3.63) is 23.8 Å². The van der Waals surface area contributed by atoms with Crippen LogP contribution in [0.25, 0.3) is 0 Å². The van der Waals surface area contributed by atoms with Crippen molar-refractivity contribution < 1.29 is 0 Å². The molecule has 0 unspecified atom stereocenters. The standard InChI is InChI=1S/C11H18/c1-2-3-8-11-9-6-4-5-7-10-11/h2-3,8H,4-7,9-10H2,1H3/b3-2+. The summed E-state index contributed by atoms with van der Waals surface area (Å²) in [6, 6.07) is 0. The van der Waals surface area contributed by atoms with Gasteiger partial charge in [-0.15, -0.1) is 0 Å². The topological polar surface area (TPSA) is 0 Å². The van der Waals surface area contributed by atoms with Gasteiger partial charge in [0.15, 0.2) is 0 Å². The summed E-state index contributed by atoms with van der Waals surface area (Å²) < 4.78 is 0. The van der Waals surface area contributed by atoms with Gasteiger partial charge in [0.25, 0.3) is 0 Å². The fraction of sp³-hybridized carbons (Fsp3) is 0.636. The molecule has 0 aromatic heterocycles. The van der Waals surface area contributed by atoms with Gasteiger partial charge in [-0.3, -0.25) is 0 Å². The van der Waals surface area contributed by atoms with Gasteiger partial charge in [-0.05, 0) is 32.6 Å². The van der Waals surface area contributed by atoms with Crippen LogP contribution in [0, 0.1) is 0 Å². The second-order valence-electron chi connectivity index (χ2n) is 3.26. The molecule has 1 fully saturated rings. The van der Waals surface area contributed by atoms with Gasteiger partial charge in [0.05, 0.1) is 0 Å². The quantitative estimate of drug-likeness (QED) is 0.498. The van der Waals surface area contributed by atoms with Gasteiger partial charge in [-0.25, -0.2) is 0 Å². The largest absolute Gasteiger partial charge is 0.0877 e. The van der Waals surface area contributed by atoms with E-state index >= 15 is 0 Å². The Morgan fingerprint density at radius 3 is 2.18 bits per heavy atom. The highest BCUT2D eigenvalue weighted by molar-refractivity contribution is 5.12. The average Bonchev–Trinajstić information content (AvgIpc) is 2.28. The SMILES string of the molecule is C/C=C/C=C1CCCCCC1. The van der Waals surface area contributed by atoms with Crippen molar-refractivity contribution in [1.82, 2.24) is 0 Å². The summed E-state index contributed by atoms with van der Waals surface area (Å²) in [5.41, 5.74) is 1.65. The molecule has 0 heterocycles. The van der Waals surface area contributed by atoms with Crippen LogP contribution < -0.4 is 0 Å². The summed E-state index contributed by atoms with van der Waals surface area (Å²) in [4.78, 5) is 0. The number of rotatable bonds is 1. The van der Waals surface area contributed by atoms with Gasteiger partial charge < -0.3 is 0 Å². The molecule has 1 saturated carbocycles. The first-order valence-corrected chi connectivity index (χ1v) is 4.74. The molecule has 0 heteroatoms. The summed E-state index contributed by atoms with van der Waals surface area (Å²) in [6.45, 7) is 2.08. The van der Waals surface area contributed by atoms with Gasteiger partial charge in [0, 0.05) is 0 Å². The van der Waals surface area contributed by atoms with E-state index in [0.717, 1.165) is 0 Å². The lowest BCUT2D eigenvalue weighted by Gasteiger charge is -1.98. The highest BCUT2D eigenvalue weighted by Crippen LogP contribution is 2.21. The van der Waals surface area contributed by atoms with Crippen molar-refractivity contribution in [2.75, 3.05) is 0 Å². The third kappa shape index (κ3) is 3.41. The van der Waals surface area contributed by atoms with E-state index in [9.17, 15) is 0 Å². The minimum atomic E-state index is 1.34. The van der Waals surface area contributed by atoms with Crippen LogP contribution in [0.3, 0.4) is 0 Å². The molecule has 0 spiro atoms. The lowest BCUT2D eigenvalue weighted by atomic mass is 10.1. The van der Waals surface area contributed by atoms with E-state index in [1.807, 2.05) is 0 Å². The van der Waals surface area contributed by atoms with E-state index in [4.69, 9.17) is 0 Å². The van der Waals surface area contributed by atoms with E-state index < -0.39 is 0 Å². The Hall–Kier alpha value is -0.520. The lowest BCUT2D eigenvalue weighted by Crippen LogP contribution is -1.78. The molecule has 1 aliphatic rings. The molecule has 0 aromatic carbocycles. The Morgan fingerprint density at radius 2 is 1.64 bits per heavy atom. The second kappa shape index (κ2) is 5.17. The summed E-state index contributed by atoms with van der Waals surface area (Å²) in [5, 5.41) is 0. The summed E-state index contributed by atoms with van der Waals surface area (Å²) in [5.74, 6) is 0. The Morgan fingerprint density at radius 1 is 1.00 bits per heavy atom. The van der Waals surface area contributed by atoms with E-state index in [1.54, 1.807) is 5.57 Å². The third-order valence-electron chi connectivity index (χ3n) is 2.27. The molecular formula is C11H18. The molecule has 1 aliphatic carbocycles. The van der Waals surface area contributed by atoms with Crippen molar-refractivity contribution in [3.8, 4) is 0 Å². The van der Waals surface area contributed by atoms with E-state index in [2.05, 4.69) is 25.2 Å². The molecule has 0 bridgehead atoms. The van der Waals surface area contributed by atoms with Crippen molar-refractivity contribution in [2.24, 2.45) is 0 Å². The molecule has 0 amide bonds. The van der Waals surface area contributed by atoms with Crippen molar-refractivity contribution >= 4 is 0 Å². The predicted molar refractivity (Wildman–Crippen MR) is 50.6 cm³/mol. The molecule has 11 heavy (non-hydrogen) atoms. The molecule has 0 nitrogen and oxygen atoms in total. The Balaban J connectivity index is 2.41. The number of hydrogen-bond acceptors (Lipinski definition) is 0. The molecule has 62 valence electrons. The van der Waals surface area contributed by atoms with Crippen molar-refractivity contribution in [1.29, 1.82) is 0 Å². The first-order chi connectivity index (χ1) is 5.43. The molecule has 1 rings (SSSR count). The zero-order chi connectivity index (χ0) is 7.94. The van der Waals surface area contributed by atoms with Crippen LogP contribution >= 0.6 is 0 Å². The normalized spacial score (nSPS) is 20.3. The molecule has 0 aliphatic heterocycles. The van der Waals surface area contributed by atoms with Gasteiger partial charge >= 0.3 is 0 Å². The Labute approximate surface area is 70.0 Å². The van der Waals surface area contributed by atoms with Gasteiger partial charge in [-0.2, -0.15) is 0 Å². The maximum absolute atomic E-state index is 2.30. The van der Waals surface area contributed by atoms with E-state index in [0.29, 0.717) is 0 Å². The molecular weight excluding hydrogens is 132 g/mol. The maximum atomic E-state index is 2.30. The second-order valence-corrected chi connectivity index (χ2v) is 3.26. The van der Waals surface area contributed by atoms with Crippen LogP contribution in [0.15, 0.2) is 23.8 Å². The lowest BCUT2D eigenvalue weighted by molar-refractivity contribution is 0.702. The molecule has 0 atom stereocenters. The van der Waals surface area contributed by atoms with E-state index in [-0.39, 0.29) is 0 Å². The third-order valence-corrected chi connectivity index (χ3v) is 2.27. The first kappa shape index (κ1) is 8.58. The Kier molecular flexibility index (Phi) is 4.03. The molecule has 0 N–H and O–H groups in total. The van der Waals surface area contributed by atoms with Gasteiger partial charge in [0.2, 0.25) is 0 Å². The fourth-order valence-electron chi connectivity index (χ4n) is 1.58. The van der Waals surface area contributed by atoms with E-state index in [1.165, 1.54) is 38.5 Å². The number of allylic oxidation sites excluding steroid dienone is 4. The Bertz CT molecular complexity index is 141. The summed E-state index contributed by atoms with van der Waals surface area (Å²) in [6.07, 6.45) is 14.9. The van der Waals surface area contributed by atoms with Crippen LogP contribution in [0.1, 0.15) is 45.4 Å². The van der Waals surface area contributed by atoms with Crippen LogP contribution in [0.5, 0.6) is 0 Å². The minimum Gasteiger partial charge on any atom is -0.0877 e. The molecule has 0 saturated heterocycles.